The topological polar surface area (TPSA) is 75.3 Å². The van der Waals surface area contributed by atoms with Gasteiger partial charge in [-0.3, -0.25) is 4.79 Å². The lowest BCUT2D eigenvalue weighted by atomic mass is 9.98. The lowest BCUT2D eigenvalue weighted by Gasteiger charge is -2.29. The van der Waals surface area contributed by atoms with E-state index in [-0.39, 0.29) is 5.91 Å². The summed E-state index contributed by atoms with van der Waals surface area (Å²) in [5.41, 5.74) is 5.92. The van der Waals surface area contributed by atoms with Crippen LogP contribution in [-0.2, 0) is 0 Å². The Bertz CT molecular complexity index is 431. The average molecular weight is 301 g/mol. The molecule has 0 radical (unpaired) electrons. The molecule has 0 saturated carbocycles. The molecule has 0 bridgehead atoms. The number of aliphatic hydroxyl groups excluding tert-OH is 1. The molecule has 1 atom stereocenters. The smallest absolute Gasteiger partial charge is 0.253 e. The highest BCUT2D eigenvalue weighted by Crippen LogP contribution is 2.20. The van der Waals surface area contributed by atoms with Gasteiger partial charge < -0.3 is 16.2 Å². The first-order valence-corrected chi connectivity index (χ1v) is 6.09. The van der Waals surface area contributed by atoms with Gasteiger partial charge in [-0.15, -0.1) is 0 Å². The normalized spacial score (nSPS) is 13.2. The van der Waals surface area contributed by atoms with Gasteiger partial charge in [-0.05, 0) is 54.9 Å². The lowest BCUT2D eigenvalue weighted by molar-refractivity contribution is 0.0709. The lowest BCUT2D eigenvalue weighted by Crippen LogP contribution is -2.51. The quantitative estimate of drug-likeness (QED) is 0.747. The molecule has 0 aliphatic rings. The van der Waals surface area contributed by atoms with E-state index in [4.69, 9.17) is 5.73 Å². The molecule has 0 aromatic heterocycles. The van der Waals surface area contributed by atoms with Crippen molar-refractivity contribution in [3.8, 4) is 0 Å². The number of benzene rings is 1. The van der Waals surface area contributed by atoms with Crippen LogP contribution in [0.15, 0.2) is 22.7 Å². The number of rotatable bonds is 3. The molecule has 17 heavy (non-hydrogen) atoms. The number of hydrogen-bond donors (Lipinski definition) is 3. The molecule has 5 heteroatoms. The van der Waals surface area contributed by atoms with Gasteiger partial charge in [-0.25, -0.2) is 0 Å². The Labute approximate surface area is 109 Å². The van der Waals surface area contributed by atoms with E-state index in [0.717, 1.165) is 0 Å². The van der Waals surface area contributed by atoms with Gasteiger partial charge in [0.25, 0.3) is 5.91 Å². The van der Waals surface area contributed by atoms with Crippen LogP contribution in [0.1, 0.15) is 31.1 Å². The zero-order valence-electron chi connectivity index (χ0n) is 10.1. The molecule has 0 spiro atoms. The Kier molecular flexibility index (Phi) is 4.16. The highest BCUT2D eigenvalue weighted by Gasteiger charge is 2.27. The fourth-order valence-electron chi connectivity index (χ4n) is 1.18. The highest BCUT2D eigenvalue weighted by atomic mass is 79.9. The van der Waals surface area contributed by atoms with Crippen LogP contribution in [0.5, 0.6) is 0 Å². The zero-order valence-corrected chi connectivity index (χ0v) is 11.7. The van der Waals surface area contributed by atoms with Gasteiger partial charge in [0.2, 0.25) is 0 Å². The van der Waals surface area contributed by atoms with Gasteiger partial charge in [-0.2, -0.15) is 0 Å². The summed E-state index contributed by atoms with van der Waals surface area (Å²) in [6, 6.07) is 5.03. The minimum atomic E-state index is -0.693. The molecule has 4 N–H and O–H groups in total. The average Bonchev–Trinajstić information content (AvgIpc) is 2.20. The minimum absolute atomic E-state index is 0.268. The van der Waals surface area contributed by atoms with Gasteiger partial charge in [0.1, 0.15) is 0 Å². The van der Waals surface area contributed by atoms with Crippen LogP contribution in [0.25, 0.3) is 0 Å². The van der Waals surface area contributed by atoms with Crippen molar-refractivity contribution in [2.45, 2.75) is 32.4 Å². The molecule has 94 valence electrons. The molecule has 0 heterocycles. The molecule has 0 aliphatic heterocycles. The van der Waals surface area contributed by atoms with Crippen LogP contribution in [0.4, 0.5) is 5.69 Å². The molecular formula is C12H17BrN2O2. The van der Waals surface area contributed by atoms with Crippen molar-refractivity contribution in [2.24, 2.45) is 0 Å². The second-order valence-electron chi connectivity index (χ2n) is 4.59. The second kappa shape index (κ2) is 5.06. The van der Waals surface area contributed by atoms with Crippen LogP contribution in [0.3, 0.4) is 0 Å². The van der Waals surface area contributed by atoms with Crippen molar-refractivity contribution in [1.29, 1.82) is 0 Å². The highest BCUT2D eigenvalue weighted by molar-refractivity contribution is 9.10. The van der Waals surface area contributed by atoms with E-state index < -0.39 is 11.6 Å². The fourth-order valence-corrected chi connectivity index (χ4v) is 1.61. The van der Waals surface area contributed by atoms with E-state index in [0.29, 0.717) is 15.7 Å². The van der Waals surface area contributed by atoms with Crippen LogP contribution in [0, 0.1) is 0 Å². The van der Waals surface area contributed by atoms with Gasteiger partial charge in [0, 0.05) is 10.2 Å². The van der Waals surface area contributed by atoms with E-state index in [2.05, 4.69) is 21.2 Å². The number of nitrogens with two attached hydrogens (primary N) is 1. The van der Waals surface area contributed by atoms with Gasteiger partial charge in [-0.1, -0.05) is 0 Å². The third-order valence-corrected chi connectivity index (χ3v) is 3.41. The Morgan fingerprint density at radius 2 is 2.12 bits per heavy atom. The molecule has 0 aliphatic carbocycles. The summed E-state index contributed by atoms with van der Waals surface area (Å²) in [4.78, 5) is 12.0. The fraction of sp³-hybridized carbons (Fsp3) is 0.417. The summed E-state index contributed by atoms with van der Waals surface area (Å²) in [5, 5.41) is 12.3. The van der Waals surface area contributed by atoms with Crippen LogP contribution < -0.4 is 11.1 Å². The zero-order chi connectivity index (χ0) is 13.2. The summed E-state index contributed by atoms with van der Waals surface area (Å²) in [7, 11) is 0. The third kappa shape index (κ3) is 3.44. The molecule has 0 fully saturated rings. The van der Waals surface area contributed by atoms with Crippen LogP contribution >= 0.6 is 15.9 Å². The van der Waals surface area contributed by atoms with Crippen molar-refractivity contribution in [2.75, 3.05) is 5.73 Å². The van der Waals surface area contributed by atoms with Crippen molar-refractivity contribution in [1.82, 2.24) is 5.32 Å². The van der Waals surface area contributed by atoms with E-state index in [1.165, 1.54) is 0 Å². The first-order chi connectivity index (χ1) is 7.74. The number of aliphatic hydroxyl groups is 1. The number of anilines is 1. The number of carbonyl (C=O) groups excluding carboxylic acids is 1. The summed E-state index contributed by atoms with van der Waals surface area (Å²) in [5.74, 6) is -0.268. The number of carbonyl (C=O) groups is 1. The van der Waals surface area contributed by atoms with Crippen LogP contribution in [0.2, 0.25) is 0 Å². The second-order valence-corrected chi connectivity index (χ2v) is 5.45. The molecule has 1 amide bonds. The number of nitrogen functional groups attached to an aromatic ring is 1. The van der Waals surface area contributed by atoms with Crippen molar-refractivity contribution in [3.05, 3.63) is 28.2 Å². The van der Waals surface area contributed by atoms with E-state index in [1.54, 1.807) is 39.0 Å². The predicted octanol–water partition coefficient (Wildman–Crippen LogP) is 1.92. The Hall–Kier alpha value is -1.07. The number of nitrogens with one attached hydrogen (secondary N) is 1. The predicted molar refractivity (Wildman–Crippen MR) is 71.8 cm³/mol. The Morgan fingerprint density at radius 3 is 2.65 bits per heavy atom. The molecule has 4 nitrogen and oxygen atoms in total. The number of hydrogen-bond acceptors (Lipinski definition) is 3. The van der Waals surface area contributed by atoms with Gasteiger partial charge >= 0.3 is 0 Å². The third-order valence-electron chi connectivity index (χ3n) is 2.72. The minimum Gasteiger partial charge on any atom is -0.399 e. The molecule has 1 aromatic rings. The molecule has 1 unspecified atom stereocenters. The number of amides is 1. The van der Waals surface area contributed by atoms with Crippen molar-refractivity contribution in [3.63, 3.8) is 0 Å². The first kappa shape index (κ1) is 14.0. The maximum absolute atomic E-state index is 12.0. The summed E-state index contributed by atoms with van der Waals surface area (Å²) >= 11 is 3.30. The summed E-state index contributed by atoms with van der Waals surface area (Å²) in [6.07, 6.45) is -0.647. The van der Waals surface area contributed by atoms with Crippen molar-refractivity contribution < 1.29 is 9.90 Å². The Balaban J connectivity index is 2.94. The standard InChI is InChI=1S/C12H17BrN2O2/c1-7(16)12(2,3)15-11(17)9-6-8(14)4-5-10(9)13/h4-7,16H,14H2,1-3H3,(H,15,17). The number of halogens is 1. The summed E-state index contributed by atoms with van der Waals surface area (Å²) in [6.45, 7) is 5.15. The SMILES string of the molecule is CC(O)C(C)(C)NC(=O)c1cc(N)ccc1Br. The van der Waals surface area contributed by atoms with Gasteiger partial charge in [0.05, 0.1) is 17.2 Å². The van der Waals surface area contributed by atoms with Gasteiger partial charge in [0.15, 0.2) is 0 Å². The molecule has 0 saturated heterocycles. The Morgan fingerprint density at radius 1 is 1.53 bits per heavy atom. The molecule has 1 rings (SSSR count). The largest absolute Gasteiger partial charge is 0.399 e. The molecule has 1 aromatic carbocycles. The van der Waals surface area contributed by atoms with E-state index in [1.807, 2.05) is 0 Å². The monoisotopic (exact) mass is 300 g/mol. The van der Waals surface area contributed by atoms with E-state index in [9.17, 15) is 9.90 Å². The van der Waals surface area contributed by atoms with Crippen molar-refractivity contribution >= 4 is 27.5 Å². The van der Waals surface area contributed by atoms with E-state index >= 15 is 0 Å². The summed E-state index contributed by atoms with van der Waals surface area (Å²) < 4.78 is 0.672. The maximum Gasteiger partial charge on any atom is 0.253 e. The van der Waals surface area contributed by atoms with Crippen LogP contribution in [-0.4, -0.2) is 22.7 Å². The first-order valence-electron chi connectivity index (χ1n) is 5.29. The molecular weight excluding hydrogens is 284 g/mol. The maximum atomic E-state index is 12.0.